The molecule has 0 aliphatic rings. The predicted octanol–water partition coefficient (Wildman–Crippen LogP) is 4.41. The Bertz CT molecular complexity index is 679. The van der Waals surface area contributed by atoms with Gasteiger partial charge in [0.25, 0.3) is 5.89 Å². The van der Waals surface area contributed by atoms with Crippen molar-refractivity contribution in [2.45, 2.75) is 0 Å². The second-order valence-electron chi connectivity index (χ2n) is 3.52. The zero-order valence-corrected chi connectivity index (χ0v) is 11.3. The topological polar surface area (TPSA) is 52.1 Å². The number of nitrogens with zero attached hydrogens (tertiary/aromatic N) is 2. The van der Waals surface area contributed by atoms with E-state index in [4.69, 9.17) is 20.5 Å². The third kappa shape index (κ3) is 2.07. The molecule has 2 heterocycles. The van der Waals surface area contributed by atoms with Crippen molar-refractivity contribution in [2.75, 3.05) is 0 Å². The molecule has 18 heavy (non-hydrogen) atoms. The van der Waals surface area contributed by atoms with Crippen molar-refractivity contribution in [3.8, 4) is 23.0 Å². The Morgan fingerprint density at radius 2 is 2.11 bits per heavy atom. The third-order valence-electron chi connectivity index (χ3n) is 2.33. The van der Waals surface area contributed by atoms with Gasteiger partial charge in [0.2, 0.25) is 5.82 Å². The van der Waals surface area contributed by atoms with Gasteiger partial charge in [0, 0.05) is 10.0 Å². The minimum atomic E-state index is 0.328. The van der Waals surface area contributed by atoms with E-state index < -0.39 is 0 Å². The molecule has 3 aromatic rings. The van der Waals surface area contributed by atoms with Gasteiger partial charge in [-0.2, -0.15) is 4.98 Å². The molecule has 0 N–H and O–H groups in total. The van der Waals surface area contributed by atoms with Crippen LogP contribution in [0.15, 0.2) is 50.0 Å². The van der Waals surface area contributed by atoms with Crippen LogP contribution in [0.3, 0.4) is 0 Å². The number of rotatable bonds is 2. The molecule has 90 valence electrons. The Morgan fingerprint density at radius 3 is 2.83 bits per heavy atom. The molecule has 0 aliphatic carbocycles. The van der Waals surface area contributed by atoms with Crippen LogP contribution in [0.4, 0.5) is 0 Å². The van der Waals surface area contributed by atoms with Gasteiger partial charge >= 0.3 is 0 Å². The number of hydrogen-bond acceptors (Lipinski definition) is 4. The molecule has 1 aromatic carbocycles. The highest BCUT2D eigenvalue weighted by Gasteiger charge is 2.14. The predicted molar refractivity (Wildman–Crippen MR) is 70.1 cm³/mol. The molecule has 0 atom stereocenters. The van der Waals surface area contributed by atoms with Crippen LogP contribution in [-0.4, -0.2) is 10.1 Å². The van der Waals surface area contributed by atoms with Gasteiger partial charge in [-0.15, -0.1) is 0 Å². The highest BCUT2D eigenvalue weighted by Crippen LogP contribution is 2.30. The molecule has 6 heteroatoms. The Kier molecular flexibility index (Phi) is 2.93. The molecule has 0 bridgehead atoms. The molecule has 0 radical (unpaired) electrons. The Hall–Kier alpha value is -1.59. The molecule has 0 aliphatic heterocycles. The average molecular weight is 326 g/mol. The standard InChI is InChI=1S/C12H6BrClN2O2/c13-7-3-4-8(9(14)6-7)11-15-12(18-16-11)10-2-1-5-17-10/h1-6H. The fourth-order valence-electron chi connectivity index (χ4n) is 1.50. The smallest absolute Gasteiger partial charge is 0.293 e. The van der Waals surface area contributed by atoms with E-state index in [1.807, 2.05) is 12.1 Å². The largest absolute Gasteiger partial charge is 0.459 e. The van der Waals surface area contributed by atoms with E-state index in [-0.39, 0.29) is 0 Å². The van der Waals surface area contributed by atoms with Crippen molar-refractivity contribution >= 4 is 27.5 Å². The molecule has 0 unspecified atom stereocenters. The lowest BCUT2D eigenvalue weighted by Crippen LogP contribution is -1.82. The highest BCUT2D eigenvalue weighted by atomic mass is 79.9. The molecule has 3 rings (SSSR count). The molecule has 0 saturated heterocycles. The van der Waals surface area contributed by atoms with Crippen molar-refractivity contribution in [1.82, 2.24) is 10.1 Å². The maximum absolute atomic E-state index is 6.12. The van der Waals surface area contributed by atoms with Gasteiger partial charge < -0.3 is 8.94 Å². The van der Waals surface area contributed by atoms with Crippen LogP contribution in [-0.2, 0) is 0 Å². The van der Waals surface area contributed by atoms with Gasteiger partial charge in [-0.25, -0.2) is 0 Å². The van der Waals surface area contributed by atoms with Crippen LogP contribution < -0.4 is 0 Å². The van der Waals surface area contributed by atoms with E-state index in [0.29, 0.717) is 28.1 Å². The lowest BCUT2D eigenvalue weighted by molar-refractivity contribution is 0.417. The average Bonchev–Trinajstić information content (AvgIpc) is 2.99. The van der Waals surface area contributed by atoms with E-state index in [0.717, 1.165) is 4.47 Å². The van der Waals surface area contributed by atoms with E-state index in [1.54, 1.807) is 24.5 Å². The molecule has 4 nitrogen and oxygen atoms in total. The van der Waals surface area contributed by atoms with Gasteiger partial charge in [-0.3, -0.25) is 0 Å². The summed E-state index contributed by atoms with van der Waals surface area (Å²) in [5, 5.41) is 4.44. The van der Waals surface area contributed by atoms with Gasteiger partial charge in [0.1, 0.15) is 0 Å². The molecular weight excluding hydrogens is 320 g/mol. The van der Waals surface area contributed by atoms with E-state index >= 15 is 0 Å². The molecule has 0 amide bonds. The summed E-state index contributed by atoms with van der Waals surface area (Å²) >= 11 is 9.46. The zero-order chi connectivity index (χ0) is 12.5. The molecule has 0 spiro atoms. The first kappa shape index (κ1) is 11.5. The first-order valence-electron chi connectivity index (χ1n) is 5.07. The highest BCUT2D eigenvalue weighted by molar-refractivity contribution is 9.10. The number of halogens is 2. The Morgan fingerprint density at radius 1 is 1.22 bits per heavy atom. The summed E-state index contributed by atoms with van der Waals surface area (Å²) in [7, 11) is 0. The maximum atomic E-state index is 6.12. The molecule has 0 saturated carbocycles. The van der Waals surface area contributed by atoms with Gasteiger partial charge in [-0.1, -0.05) is 32.7 Å². The first-order chi connectivity index (χ1) is 8.74. The van der Waals surface area contributed by atoms with Crippen molar-refractivity contribution in [1.29, 1.82) is 0 Å². The molecule has 0 fully saturated rings. The zero-order valence-electron chi connectivity index (χ0n) is 8.93. The number of benzene rings is 1. The van der Waals surface area contributed by atoms with Crippen LogP contribution in [0.2, 0.25) is 5.02 Å². The Balaban J connectivity index is 2.03. The summed E-state index contributed by atoms with van der Waals surface area (Å²) in [6.45, 7) is 0. The summed E-state index contributed by atoms with van der Waals surface area (Å²) in [6.07, 6.45) is 1.55. The monoisotopic (exact) mass is 324 g/mol. The minimum absolute atomic E-state index is 0.328. The number of aromatic nitrogens is 2. The summed E-state index contributed by atoms with van der Waals surface area (Å²) in [4.78, 5) is 4.24. The van der Waals surface area contributed by atoms with Crippen LogP contribution >= 0.6 is 27.5 Å². The van der Waals surface area contributed by atoms with Crippen LogP contribution in [0.5, 0.6) is 0 Å². The lowest BCUT2D eigenvalue weighted by Gasteiger charge is -1.98. The van der Waals surface area contributed by atoms with Crippen LogP contribution in [0.1, 0.15) is 0 Å². The molecule has 2 aromatic heterocycles. The normalized spacial score (nSPS) is 10.8. The lowest BCUT2D eigenvalue weighted by atomic mass is 10.2. The fourth-order valence-corrected chi connectivity index (χ4v) is 2.26. The quantitative estimate of drug-likeness (QED) is 0.700. The summed E-state index contributed by atoms with van der Waals surface area (Å²) in [5.74, 6) is 1.29. The van der Waals surface area contributed by atoms with Crippen molar-refractivity contribution in [2.24, 2.45) is 0 Å². The Labute approximate surface area is 116 Å². The van der Waals surface area contributed by atoms with E-state index in [9.17, 15) is 0 Å². The van der Waals surface area contributed by atoms with E-state index in [2.05, 4.69) is 26.1 Å². The summed E-state index contributed by atoms with van der Waals surface area (Å²) < 4.78 is 11.2. The second-order valence-corrected chi connectivity index (χ2v) is 4.85. The van der Waals surface area contributed by atoms with Crippen molar-refractivity contribution in [3.63, 3.8) is 0 Å². The number of furan rings is 1. The second kappa shape index (κ2) is 4.59. The van der Waals surface area contributed by atoms with Crippen LogP contribution in [0, 0.1) is 0 Å². The maximum Gasteiger partial charge on any atom is 0.293 e. The minimum Gasteiger partial charge on any atom is -0.459 e. The van der Waals surface area contributed by atoms with Crippen molar-refractivity contribution in [3.05, 3.63) is 46.1 Å². The van der Waals surface area contributed by atoms with E-state index in [1.165, 1.54) is 0 Å². The van der Waals surface area contributed by atoms with Gasteiger partial charge in [0.05, 0.1) is 11.3 Å². The third-order valence-corrected chi connectivity index (χ3v) is 3.14. The van der Waals surface area contributed by atoms with Crippen molar-refractivity contribution < 1.29 is 8.94 Å². The summed E-state index contributed by atoms with van der Waals surface area (Å²) in [6, 6.07) is 8.97. The van der Waals surface area contributed by atoms with Gasteiger partial charge in [0.15, 0.2) is 5.76 Å². The first-order valence-corrected chi connectivity index (χ1v) is 6.24. The number of hydrogen-bond donors (Lipinski definition) is 0. The molecular formula is C12H6BrClN2O2. The van der Waals surface area contributed by atoms with Crippen LogP contribution in [0.25, 0.3) is 23.0 Å². The summed E-state index contributed by atoms with van der Waals surface area (Å²) in [5.41, 5.74) is 0.710. The SMILES string of the molecule is Clc1cc(Br)ccc1-c1noc(-c2ccco2)n1. The fraction of sp³-hybridized carbons (Fsp3) is 0. The van der Waals surface area contributed by atoms with Gasteiger partial charge in [-0.05, 0) is 30.3 Å².